The Hall–Kier alpha value is -1.49. The van der Waals surface area contributed by atoms with Crippen molar-refractivity contribution in [3.8, 4) is 6.07 Å². The van der Waals surface area contributed by atoms with Crippen molar-refractivity contribution in [1.82, 2.24) is 0 Å². The average Bonchev–Trinajstić information content (AvgIpc) is 1.94. The van der Waals surface area contributed by atoms with Crippen LogP contribution in [0.3, 0.4) is 0 Å². The highest BCUT2D eigenvalue weighted by Gasteiger charge is 1.94. The molecule has 2 heteroatoms. The Morgan fingerprint density at radius 2 is 2.50 bits per heavy atom. The van der Waals surface area contributed by atoms with Gasteiger partial charge in [0.2, 0.25) is 0 Å². The first-order valence-corrected chi connectivity index (χ1v) is 2.96. The summed E-state index contributed by atoms with van der Waals surface area (Å²) in [5.41, 5.74) is 6.95. The lowest BCUT2D eigenvalue weighted by atomic mass is 10.1. The smallest absolute Gasteiger partial charge is 0.0670 e. The van der Waals surface area contributed by atoms with Crippen molar-refractivity contribution in [3.63, 3.8) is 0 Å². The Morgan fingerprint density at radius 3 is 3.10 bits per heavy atom. The molecule has 0 amide bonds. The molecule has 1 radical (unpaired) electrons. The molecule has 0 aliphatic carbocycles. The van der Waals surface area contributed by atoms with Gasteiger partial charge in [-0.3, -0.25) is 0 Å². The molecule has 0 saturated carbocycles. The minimum atomic E-state index is 0.340. The lowest BCUT2D eigenvalue weighted by Gasteiger charge is -1.96. The third-order valence-corrected chi connectivity index (χ3v) is 1.23. The number of nitrogens with two attached hydrogens (primary N) is 1. The predicted molar refractivity (Wildman–Crippen MR) is 39.0 cm³/mol. The molecule has 1 aromatic carbocycles. The van der Waals surface area contributed by atoms with Crippen LogP contribution < -0.4 is 5.73 Å². The van der Waals surface area contributed by atoms with Crippen LogP contribution in [0.1, 0.15) is 5.56 Å². The number of nitrogen functional groups attached to an aromatic ring is 1. The maximum atomic E-state index is 8.32. The van der Waals surface area contributed by atoms with Crippen LogP contribution in [0.25, 0.3) is 0 Å². The van der Waals surface area contributed by atoms with E-state index in [4.69, 9.17) is 11.0 Å². The number of benzene rings is 1. The molecule has 0 bridgehead atoms. The van der Waals surface area contributed by atoms with Crippen molar-refractivity contribution < 1.29 is 0 Å². The van der Waals surface area contributed by atoms with Crippen LogP contribution in [0.2, 0.25) is 0 Å². The maximum absolute atomic E-state index is 8.32. The van der Waals surface area contributed by atoms with Gasteiger partial charge in [-0.25, -0.2) is 0 Å². The van der Waals surface area contributed by atoms with Gasteiger partial charge in [0.15, 0.2) is 0 Å². The van der Waals surface area contributed by atoms with Gasteiger partial charge in [0, 0.05) is 5.69 Å². The fourth-order valence-corrected chi connectivity index (χ4v) is 0.717. The lowest BCUT2D eigenvalue weighted by Crippen LogP contribution is -1.91. The van der Waals surface area contributed by atoms with Gasteiger partial charge in [0.25, 0.3) is 0 Å². The summed E-state index contributed by atoms with van der Waals surface area (Å²) in [5.74, 6) is 0. The molecular weight excluding hydrogens is 124 g/mol. The van der Waals surface area contributed by atoms with E-state index in [1.54, 1.807) is 18.2 Å². The van der Waals surface area contributed by atoms with Gasteiger partial charge in [-0.1, -0.05) is 12.1 Å². The fraction of sp³-hybridized carbons (Fsp3) is 0.125. The van der Waals surface area contributed by atoms with E-state index < -0.39 is 0 Å². The summed E-state index contributed by atoms with van der Waals surface area (Å²) in [6.45, 7) is 0. The molecule has 0 spiro atoms. The lowest BCUT2D eigenvalue weighted by molar-refractivity contribution is 1.26. The number of rotatable bonds is 1. The summed E-state index contributed by atoms with van der Waals surface area (Å²) in [5, 5.41) is 8.32. The van der Waals surface area contributed by atoms with Gasteiger partial charge in [-0.2, -0.15) is 5.26 Å². The molecule has 0 saturated heterocycles. The summed E-state index contributed by atoms with van der Waals surface area (Å²) >= 11 is 0. The fourth-order valence-electron chi connectivity index (χ4n) is 0.717. The molecule has 0 fully saturated rings. The largest absolute Gasteiger partial charge is 0.398 e. The van der Waals surface area contributed by atoms with E-state index in [9.17, 15) is 0 Å². The summed E-state index contributed by atoms with van der Waals surface area (Å²) in [4.78, 5) is 0. The molecule has 0 atom stereocenters. The molecule has 0 unspecified atom stereocenters. The van der Waals surface area contributed by atoms with Gasteiger partial charge in [-0.15, -0.1) is 0 Å². The predicted octanol–water partition coefficient (Wildman–Crippen LogP) is 1.14. The Balaban J connectivity index is 2.94. The third kappa shape index (κ3) is 1.26. The minimum absolute atomic E-state index is 0.340. The molecule has 0 aliphatic rings. The van der Waals surface area contributed by atoms with E-state index in [0.717, 1.165) is 5.56 Å². The van der Waals surface area contributed by atoms with Gasteiger partial charge in [0.05, 0.1) is 12.5 Å². The molecule has 0 aliphatic heterocycles. The van der Waals surface area contributed by atoms with E-state index in [1.807, 2.05) is 6.07 Å². The molecule has 2 N–H and O–H groups in total. The topological polar surface area (TPSA) is 49.8 Å². The third-order valence-electron chi connectivity index (χ3n) is 1.23. The molecule has 0 heterocycles. The quantitative estimate of drug-likeness (QED) is 0.581. The highest BCUT2D eigenvalue weighted by molar-refractivity contribution is 5.46. The van der Waals surface area contributed by atoms with E-state index >= 15 is 0 Å². The molecule has 0 aromatic heterocycles. The van der Waals surface area contributed by atoms with E-state index in [2.05, 4.69) is 6.07 Å². The number of hydrogen-bond donors (Lipinski definition) is 1. The van der Waals surface area contributed by atoms with Gasteiger partial charge in [-0.05, 0) is 17.7 Å². The van der Waals surface area contributed by atoms with E-state index in [1.165, 1.54) is 0 Å². The monoisotopic (exact) mass is 131 g/mol. The van der Waals surface area contributed by atoms with Crippen LogP contribution in [-0.2, 0) is 6.42 Å². The molecule has 2 nitrogen and oxygen atoms in total. The van der Waals surface area contributed by atoms with Crippen molar-refractivity contribution in [2.45, 2.75) is 6.42 Å². The number of nitrogens with zero attached hydrogens (tertiary/aromatic N) is 1. The zero-order chi connectivity index (χ0) is 7.40. The second-order valence-electron chi connectivity index (χ2n) is 1.94. The van der Waals surface area contributed by atoms with Crippen molar-refractivity contribution in [3.05, 3.63) is 29.8 Å². The van der Waals surface area contributed by atoms with Crippen LogP contribution in [-0.4, -0.2) is 0 Å². The second kappa shape index (κ2) is 2.88. The SMILES string of the molecule is N#CCc1[c]cccc1N. The first kappa shape index (κ1) is 6.63. The molecule has 1 aromatic rings. The van der Waals surface area contributed by atoms with Crippen LogP contribution >= 0.6 is 0 Å². The van der Waals surface area contributed by atoms with Crippen molar-refractivity contribution in [2.75, 3.05) is 5.73 Å². The zero-order valence-corrected chi connectivity index (χ0v) is 5.46. The van der Waals surface area contributed by atoms with Crippen LogP contribution in [0.4, 0.5) is 5.69 Å². The Kier molecular flexibility index (Phi) is 1.91. The molecule has 1 rings (SSSR count). The van der Waals surface area contributed by atoms with Crippen molar-refractivity contribution in [1.29, 1.82) is 5.26 Å². The Labute approximate surface area is 59.9 Å². The number of nitriles is 1. The first-order chi connectivity index (χ1) is 4.84. The molecule has 49 valence electrons. The van der Waals surface area contributed by atoms with Crippen molar-refractivity contribution >= 4 is 5.69 Å². The van der Waals surface area contributed by atoms with E-state index in [0.29, 0.717) is 12.1 Å². The Morgan fingerprint density at radius 1 is 1.70 bits per heavy atom. The van der Waals surface area contributed by atoms with Gasteiger partial charge in [0.1, 0.15) is 0 Å². The minimum Gasteiger partial charge on any atom is -0.398 e. The zero-order valence-electron chi connectivity index (χ0n) is 5.46. The number of hydrogen-bond acceptors (Lipinski definition) is 2. The number of anilines is 1. The van der Waals surface area contributed by atoms with Gasteiger partial charge >= 0.3 is 0 Å². The Bertz CT molecular complexity index is 260. The highest BCUT2D eigenvalue weighted by Crippen LogP contribution is 2.08. The molecule has 10 heavy (non-hydrogen) atoms. The van der Waals surface area contributed by atoms with Crippen molar-refractivity contribution in [2.24, 2.45) is 0 Å². The van der Waals surface area contributed by atoms with Crippen LogP contribution in [0.15, 0.2) is 18.2 Å². The maximum Gasteiger partial charge on any atom is 0.0670 e. The summed E-state index contributed by atoms with van der Waals surface area (Å²) in [6.07, 6.45) is 0.340. The molecular formula is C8H7N2. The average molecular weight is 131 g/mol. The highest BCUT2D eigenvalue weighted by atomic mass is 14.6. The van der Waals surface area contributed by atoms with Crippen LogP contribution in [0.5, 0.6) is 0 Å². The summed E-state index contributed by atoms with van der Waals surface area (Å²) in [6, 6.07) is 10.2. The normalized spacial score (nSPS) is 8.70. The van der Waals surface area contributed by atoms with E-state index in [-0.39, 0.29) is 0 Å². The standard InChI is InChI=1S/C8H7N2/c9-6-5-7-3-1-2-4-8(7)10/h1-2,4H,5,10H2. The van der Waals surface area contributed by atoms with Crippen LogP contribution in [0, 0.1) is 17.4 Å². The second-order valence-corrected chi connectivity index (χ2v) is 1.94. The summed E-state index contributed by atoms with van der Waals surface area (Å²) < 4.78 is 0. The first-order valence-electron chi connectivity index (χ1n) is 2.96. The summed E-state index contributed by atoms with van der Waals surface area (Å²) in [7, 11) is 0. The van der Waals surface area contributed by atoms with Gasteiger partial charge < -0.3 is 5.73 Å².